The molecular weight excluding hydrogens is 238 g/mol. The van der Waals surface area contributed by atoms with Crippen molar-refractivity contribution in [1.82, 2.24) is 15.1 Å². The molecule has 1 amide bonds. The Morgan fingerprint density at radius 1 is 1.71 bits per heavy atom. The first kappa shape index (κ1) is 14.1. The number of rotatable bonds is 5. The minimum absolute atomic E-state index is 0.0101. The lowest BCUT2D eigenvalue weighted by Crippen LogP contribution is -2.41. The molecule has 0 aliphatic heterocycles. The molecule has 17 heavy (non-hydrogen) atoms. The number of thioether (sulfide) groups is 1. The van der Waals surface area contributed by atoms with E-state index in [4.69, 9.17) is 5.11 Å². The smallest absolute Gasteiger partial charge is 0.254 e. The zero-order chi connectivity index (χ0) is 13.0. The highest BCUT2D eigenvalue weighted by molar-refractivity contribution is 7.99. The number of amides is 1. The van der Waals surface area contributed by atoms with Crippen molar-refractivity contribution in [3.05, 3.63) is 17.5 Å². The van der Waals surface area contributed by atoms with Gasteiger partial charge in [-0.3, -0.25) is 9.48 Å². The summed E-state index contributed by atoms with van der Waals surface area (Å²) >= 11 is 1.54. The fourth-order valence-corrected chi connectivity index (χ4v) is 2.26. The van der Waals surface area contributed by atoms with Crippen LogP contribution in [0, 0.1) is 6.92 Å². The number of carbonyl (C=O) groups is 1. The van der Waals surface area contributed by atoms with Crippen LogP contribution >= 0.6 is 11.8 Å². The van der Waals surface area contributed by atoms with Gasteiger partial charge < -0.3 is 10.4 Å². The molecule has 1 rings (SSSR count). The van der Waals surface area contributed by atoms with E-state index in [1.807, 2.05) is 13.2 Å². The molecule has 96 valence electrons. The second-order valence-corrected chi connectivity index (χ2v) is 5.10. The maximum atomic E-state index is 12.0. The minimum Gasteiger partial charge on any atom is -0.395 e. The predicted molar refractivity (Wildman–Crippen MR) is 69.3 cm³/mol. The number of nitrogens with one attached hydrogen (secondary N) is 1. The van der Waals surface area contributed by atoms with Crippen LogP contribution in [0.4, 0.5) is 0 Å². The van der Waals surface area contributed by atoms with Crippen LogP contribution in [0.1, 0.15) is 23.0 Å². The van der Waals surface area contributed by atoms with Crippen LogP contribution in [0.3, 0.4) is 0 Å². The summed E-state index contributed by atoms with van der Waals surface area (Å²) in [6.45, 7) is 3.74. The summed E-state index contributed by atoms with van der Waals surface area (Å²) in [5.41, 5.74) is 1.29. The monoisotopic (exact) mass is 257 g/mol. The third-order valence-corrected chi connectivity index (χ3v) is 3.82. The van der Waals surface area contributed by atoms with E-state index in [1.54, 1.807) is 24.9 Å². The quantitative estimate of drug-likeness (QED) is 0.809. The molecule has 2 unspecified atom stereocenters. The zero-order valence-electron chi connectivity index (χ0n) is 10.6. The molecule has 5 nitrogen and oxygen atoms in total. The Morgan fingerprint density at radius 3 is 2.76 bits per heavy atom. The van der Waals surface area contributed by atoms with E-state index in [1.165, 1.54) is 11.8 Å². The van der Waals surface area contributed by atoms with Crippen molar-refractivity contribution in [2.24, 2.45) is 7.05 Å². The van der Waals surface area contributed by atoms with Gasteiger partial charge in [0, 0.05) is 24.5 Å². The lowest BCUT2D eigenvalue weighted by molar-refractivity contribution is 0.0935. The molecule has 1 aromatic rings. The fraction of sp³-hybridized carbons (Fsp3) is 0.636. The summed E-state index contributed by atoms with van der Waals surface area (Å²) in [6, 6.07) is -0.0814. The summed E-state index contributed by atoms with van der Waals surface area (Å²) in [5, 5.41) is 16.2. The Kier molecular flexibility index (Phi) is 5.02. The van der Waals surface area contributed by atoms with Gasteiger partial charge in [-0.2, -0.15) is 16.9 Å². The topological polar surface area (TPSA) is 67.2 Å². The van der Waals surface area contributed by atoms with Gasteiger partial charge in [0.25, 0.3) is 5.91 Å². The molecule has 0 saturated heterocycles. The lowest BCUT2D eigenvalue weighted by Gasteiger charge is -2.21. The van der Waals surface area contributed by atoms with Crippen LogP contribution in [-0.2, 0) is 7.05 Å². The van der Waals surface area contributed by atoms with Gasteiger partial charge in [0.1, 0.15) is 0 Å². The maximum absolute atomic E-state index is 12.0. The second kappa shape index (κ2) is 6.07. The molecule has 0 radical (unpaired) electrons. The molecule has 0 spiro atoms. The number of hydrogen-bond donors (Lipinski definition) is 2. The summed E-state index contributed by atoms with van der Waals surface area (Å²) in [4.78, 5) is 12.0. The van der Waals surface area contributed by atoms with E-state index in [0.717, 1.165) is 0 Å². The SMILES string of the molecule is CSC(CO)C(C)NC(=O)c1cn(C)nc1C. The van der Waals surface area contributed by atoms with E-state index in [9.17, 15) is 4.79 Å². The van der Waals surface area contributed by atoms with Crippen LogP contribution in [0.5, 0.6) is 0 Å². The normalized spacial score (nSPS) is 14.4. The molecule has 0 bridgehead atoms. The lowest BCUT2D eigenvalue weighted by atomic mass is 10.2. The molecule has 0 aliphatic carbocycles. The van der Waals surface area contributed by atoms with Gasteiger partial charge in [-0.15, -0.1) is 0 Å². The van der Waals surface area contributed by atoms with Crippen molar-refractivity contribution in [1.29, 1.82) is 0 Å². The van der Waals surface area contributed by atoms with Crippen LogP contribution in [-0.4, -0.2) is 44.9 Å². The van der Waals surface area contributed by atoms with Crippen molar-refractivity contribution >= 4 is 17.7 Å². The van der Waals surface area contributed by atoms with Crippen molar-refractivity contribution in [3.8, 4) is 0 Å². The van der Waals surface area contributed by atoms with E-state index >= 15 is 0 Å². The van der Waals surface area contributed by atoms with E-state index in [0.29, 0.717) is 11.3 Å². The van der Waals surface area contributed by atoms with Gasteiger partial charge in [0.05, 0.1) is 17.9 Å². The largest absolute Gasteiger partial charge is 0.395 e. The van der Waals surface area contributed by atoms with Gasteiger partial charge in [-0.25, -0.2) is 0 Å². The Labute approximate surface area is 106 Å². The number of aliphatic hydroxyl groups is 1. The highest BCUT2D eigenvalue weighted by Gasteiger charge is 2.20. The molecule has 2 N–H and O–H groups in total. The summed E-state index contributed by atoms with van der Waals surface area (Å²) in [7, 11) is 1.78. The standard InChI is InChI=1S/C11H19N3O2S/c1-7-9(5-14(3)13-7)11(16)12-8(2)10(6-15)17-4/h5,8,10,15H,6H2,1-4H3,(H,12,16). The number of hydrogen-bond acceptors (Lipinski definition) is 4. The number of aryl methyl sites for hydroxylation is 2. The third-order valence-electron chi connectivity index (χ3n) is 2.66. The fourth-order valence-electron chi connectivity index (χ4n) is 1.64. The third kappa shape index (κ3) is 3.47. The second-order valence-electron chi connectivity index (χ2n) is 4.02. The highest BCUT2D eigenvalue weighted by Crippen LogP contribution is 2.12. The summed E-state index contributed by atoms with van der Waals surface area (Å²) in [6.07, 6.45) is 3.61. The summed E-state index contributed by atoms with van der Waals surface area (Å²) in [5.74, 6) is -0.143. The Morgan fingerprint density at radius 2 is 2.35 bits per heavy atom. The molecule has 0 aliphatic rings. The molecule has 2 atom stereocenters. The molecule has 0 saturated carbocycles. The Balaban J connectivity index is 2.69. The number of aliphatic hydroxyl groups excluding tert-OH is 1. The Bertz CT molecular complexity index is 388. The summed E-state index contributed by atoms with van der Waals surface area (Å²) < 4.78 is 1.62. The number of aromatic nitrogens is 2. The van der Waals surface area contributed by atoms with Gasteiger partial charge >= 0.3 is 0 Å². The van der Waals surface area contributed by atoms with E-state index in [2.05, 4.69) is 10.4 Å². The van der Waals surface area contributed by atoms with Crippen LogP contribution in [0.2, 0.25) is 0 Å². The van der Waals surface area contributed by atoms with Gasteiger partial charge in [-0.1, -0.05) is 0 Å². The van der Waals surface area contributed by atoms with E-state index < -0.39 is 0 Å². The highest BCUT2D eigenvalue weighted by atomic mass is 32.2. The Hall–Kier alpha value is -1.01. The average Bonchev–Trinajstić information content (AvgIpc) is 2.59. The van der Waals surface area contributed by atoms with Gasteiger partial charge in [0.2, 0.25) is 0 Å². The van der Waals surface area contributed by atoms with Crippen molar-refractivity contribution in [2.45, 2.75) is 25.1 Å². The number of carbonyl (C=O) groups excluding carboxylic acids is 1. The van der Waals surface area contributed by atoms with Crippen molar-refractivity contribution < 1.29 is 9.90 Å². The first-order valence-electron chi connectivity index (χ1n) is 5.44. The van der Waals surface area contributed by atoms with Crippen molar-refractivity contribution in [3.63, 3.8) is 0 Å². The van der Waals surface area contributed by atoms with E-state index in [-0.39, 0.29) is 23.8 Å². The molecule has 1 heterocycles. The molecule has 0 aromatic carbocycles. The van der Waals surface area contributed by atoms with Gasteiger partial charge in [-0.05, 0) is 20.1 Å². The number of nitrogens with zero attached hydrogens (tertiary/aromatic N) is 2. The van der Waals surface area contributed by atoms with Gasteiger partial charge in [0.15, 0.2) is 0 Å². The predicted octanol–water partition coefficient (Wildman–Crippen LogP) is 0.571. The average molecular weight is 257 g/mol. The molecule has 6 heteroatoms. The van der Waals surface area contributed by atoms with Crippen LogP contribution < -0.4 is 5.32 Å². The molecular formula is C11H19N3O2S. The van der Waals surface area contributed by atoms with Crippen LogP contribution in [0.25, 0.3) is 0 Å². The first-order valence-corrected chi connectivity index (χ1v) is 6.73. The van der Waals surface area contributed by atoms with Crippen LogP contribution in [0.15, 0.2) is 6.20 Å². The minimum atomic E-state index is -0.143. The molecule has 0 fully saturated rings. The zero-order valence-corrected chi connectivity index (χ0v) is 11.4. The maximum Gasteiger partial charge on any atom is 0.254 e. The van der Waals surface area contributed by atoms with Crippen molar-refractivity contribution in [2.75, 3.05) is 12.9 Å². The molecule has 1 aromatic heterocycles. The first-order chi connectivity index (χ1) is 7.99.